The summed E-state index contributed by atoms with van der Waals surface area (Å²) in [4.78, 5) is 4.45. The number of hydrogen-bond donors (Lipinski definition) is 1. The SMILES string of the molecule is CC(C)(C)c1ccc(N=Cc2cc(I)cc(I)c2O)cc1. The van der Waals surface area contributed by atoms with E-state index in [0.29, 0.717) is 0 Å². The molecule has 0 aliphatic heterocycles. The molecule has 0 heterocycles. The van der Waals surface area contributed by atoms with Gasteiger partial charge in [0.25, 0.3) is 0 Å². The molecule has 110 valence electrons. The first-order valence-corrected chi connectivity index (χ1v) is 8.76. The van der Waals surface area contributed by atoms with Gasteiger partial charge in [-0.25, -0.2) is 0 Å². The monoisotopic (exact) mass is 505 g/mol. The van der Waals surface area contributed by atoms with Gasteiger partial charge < -0.3 is 5.11 Å². The van der Waals surface area contributed by atoms with Gasteiger partial charge in [-0.2, -0.15) is 0 Å². The van der Waals surface area contributed by atoms with Gasteiger partial charge in [0.15, 0.2) is 0 Å². The summed E-state index contributed by atoms with van der Waals surface area (Å²) < 4.78 is 1.92. The molecule has 0 amide bonds. The molecular weight excluding hydrogens is 488 g/mol. The molecule has 0 fully saturated rings. The maximum Gasteiger partial charge on any atom is 0.137 e. The standard InChI is InChI=1S/C17H17I2NO/c1-17(2,3)12-4-6-14(7-5-12)20-10-11-8-13(18)9-15(19)16(11)21/h4-10,21H,1-3H3. The number of rotatable bonds is 2. The Morgan fingerprint density at radius 1 is 1.05 bits per heavy atom. The Morgan fingerprint density at radius 3 is 2.24 bits per heavy atom. The normalized spacial score (nSPS) is 12.0. The predicted molar refractivity (Wildman–Crippen MR) is 106 cm³/mol. The zero-order chi connectivity index (χ0) is 15.6. The van der Waals surface area contributed by atoms with Crippen molar-refractivity contribution < 1.29 is 5.11 Å². The zero-order valence-corrected chi connectivity index (χ0v) is 16.5. The predicted octanol–water partition coefficient (Wildman–Crippen LogP) is 5.65. The number of aromatic hydroxyl groups is 1. The van der Waals surface area contributed by atoms with Crippen LogP contribution in [-0.4, -0.2) is 11.3 Å². The van der Waals surface area contributed by atoms with Gasteiger partial charge in [-0.15, -0.1) is 0 Å². The molecule has 0 saturated heterocycles. The highest BCUT2D eigenvalue weighted by Gasteiger charge is 2.12. The molecule has 0 aromatic heterocycles. The van der Waals surface area contributed by atoms with Gasteiger partial charge in [-0.3, -0.25) is 4.99 Å². The van der Waals surface area contributed by atoms with Gasteiger partial charge in [0, 0.05) is 15.3 Å². The van der Waals surface area contributed by atoms with E-state index < -0.39 is 0 Å². The molecule has 0 unspecified atom stereocenters. The molecular formula is C17H17I2NO. The number of hydrogen-bond acceptors (Lipinski definition) is 2. The van der Waals surface area contributed by atoms with Crippen LogP contribution in [0.15, 0.2) is 41.4 Å². The van der Waals surface area contributed by atoms with Gasteiger partial charge in [-0.1, -0.05) is 32.9 Å². The van der Waals surface area contributed by atoms with Crippen LogP contribution in [0, 0.1) is 7.14 Å². The fraction of sp³-hybridized carbons (Fsp3) is 0.235. The minimum atomic E-state index is 0.145. The highest BCUT2D eigenvalue weighted by Crippen LogP contribution is 2.27. The van der Waals surface area contributed by atoms with Crippen LogP contribution < -0.4 is 0 Å². The topological polar surface area (TPSA) is 32.6 Å². The Balaban J connectivity index is 2.26. The highest BCUT2D eigenvalue weighted by molar-refractivity contribution is 14.1. The molecule has 2 aromatic carbocycles. The molecule has 1 N–H and O–H groups in total. The van der Waals surface area contributed by atoms with Crippen molar-refractivity contribution in [3.05, 3.63) is 54.7 Å². The van der Waals surface area contributed by atoms with Crippen LogP contribution in [0.2, 0.25) is 0 Å². The molecule has 21 heavy (non-hydrogen) atoms. The van der Waals surface area contributed by atoms with Gasteiger partial charge >= 0.3 is 0 Å². The maximum atomic E-state index is 10.0. The molecule has 2 rings (SSSR count). The summed E-state index contributed by atoms with van der Waals surface area (Å²) >= 11 is 4.36. The molecule has 0 aliphatic rings. The summed E-state index contributed by atoms with van der Waals surface area (Å²) in [7, 11) is 0. The Kier molecular flexibility index (Phi) is 5.29. The van der Waals surface area contributed by atoms with E-state index in [4.69, 9.17) is 0 Å². The lowest BCUT2D eigenvalue weighted by molar-refractivity contribution is 0.470. The summed E-state index contributed by atoms with van der Waals surface area (Å²) in [5.41, 5.74) is 3.06. The quantitative estimate of drug-likeness (QED) is 0.416. The van der Waals surface area contributed by atoms with Crippen molar-refractivity contribution in [1.29, 1.82) is 0 Å². The van der Waals surface area contributed by atoms with Crippen LogP contribution in [0.3, 0.4) is 0 Å². The number of benzene rings is 2. The van der Waals surface area contributed by atoms with Gasteiger partial charge in [0.05, 0.1) is 9.26 Å². The highest BCUT2D eigenvalue weighted by atomic mass is 127. The van der Waals surface area contributed by atoms with Crippen LogP contribution >= 0.6 is 45.2 Å². The van der Waals surface area contributed by atoms with E-state index in [9.17, 15) is 5.11 Å². The second kappa shape index (κ2) is 6.64. The van der Waals surface area contributed by atoms with E-state index in [2.05, 4.69) is 83.1 Å². The molecule has 2 nitrogen and oxygen atoms in total. The summed E-state index contributed by atoms with van der Waals surface area (Å²) in [5.74, 6) is 0.283. The first kappa shape index (κ1) is 16.7. The van der Waals surface area contributed by atoms with E-state index >= 15 is 0 Å². The second-order valence-electron chi connectivity index (χ2n) is 5.88. The minimum Gasteiger partial charge on any atom is -0.506 e. The summed E-state index contributed by atoms with van der Waals surface area (Å²) in [6.45, 7) is 6.57. The average molecular weight is 505 g/mol. The van der Waals surface area contributed by atoms with Crippen molar-refractivity contribution in [3.8, 4) is 5.75 Å². The summed E-state index contributed by atoms with van der Waals surface area (Å²) in [6, 6.07) is 12.1. The number of phenolic OH excluding ortho intramolecular Hbond substituents is 1. The Hall–Kier alpha value is -0.630. The lowest BCUT2D eigenvalue weighted by Crippen LogP contribution is -2.10. The number of nitrogens with zero attached hydrogens (tertiary/aromatic N) is 1. The third-order valence-electron chi connectivity index (χ3n) is 3.14. The van der Waals surface area contributed by atoms with Crippen LogP contribution in [0.1, 0.15) is 31.9 Å². The van der Waals surface area contributed by atoms with Crippen LogP contribution in [-0.2, 0) is 5.41 Å². The summed E-state index contributed by atoms with van der Waals surface area (Å²) in [6.07, 6.45) is 1.71. The van der Waals surface area contributed by atoms with Crippen molar-refractivity contribution in [3.63, 3.8) is 0 Å². The van der Waals surface area contributed by atoms with Crippen molar-refractivity contribution >= 4 is 57.1 Å². The molecule has 2 aromatic rings. The van der Waals surface area contributed by atoms with Crippen molar-refractivity contribution in [2.45, 2.75) is 26.2 Å². The summed E-state index contributed by atoms with van der Waals surface area (Å²) in [5, 5.41) is 10.0. The number of halogens is 2. The second-order valence-corrected chi connectivity index (χ2v) is 8.29. The van der Waals surface area contributed by atoms with Crippen LogP contribution in [0.4, 0.5) is 5.69 Å². The molecule has 0 radical (unpaired) electrons. The van der Waals surface area contributed by atoms with Crippen molar-refractivity contribution in [1.82, 2.24) is 0 Å². The lowest BCUT2D eigenvalue weighted by Gasteiger charge is -2.18. The van der Waals surface area contributed by atoms with Crippen molar-refractivity contribution in [2.24, 2.45) is 4.99 Å². The first-order valence-electron chi connectivity index (χ1n) is 6.60. The molecule has 4 heteroatoms. The Labute approximate surface area is 153 Å². The fourth-order valence-corrected chi connectivity index (χ4v) is 3.77. The third-order valence-corrected chi connectivity index (χ3v) is 4.59. The Bertz CT molecular complexity index is 670. The van der Waals surface area contributed by atoms with E-state index in [-0.39, 0.29) is 11.2 Å². The first-order chi connectivity index (χ1) is 9.77. The lowest BCUT2D eigenvalue weighted by atomic mass is 9.87. The van der Waals surface area contributed by atoms with Gasteiger partial charge in [-0.05, 0) is 80.4 Å². The van der Waals surface area contributed by atoms with Gasteiger partial charge in [0.1, 0.15) is 5.75 Å². The molecule has 0 aliphatic carbocycles. The number of aliphatic imine (C=N–C) groups is 1. The largest absolute Gasteiger partial charge is 0.506 e. The van der Waals surface area contributed by atoms with Crippen molar-refractivity contribution in [2.75, 3.05) is 0 Å². The molecule has 0 bridgehead atoms. The van der Waals surface area contributed by atoms with Crippen LogP contribution in [0.5, 0.6) is 5.75 Å². The molecule has 0 atom stereocenters. The third kappa shape index (κ3) is 4.42. The van der Waals surface area contributed by atoms with E-state index in [1.54, 1.807) is 6.21 Å². The zero-order valence-electron chi connectivity index (χ0n) is 12.2. The molecule has 0 spiro atoms. The smallest absolute Gasteiger partial charge is 0.137 e. The van der Waals surface area contributed by atoms with Crippen LogP contribution in [0.25, 0.3) is 0 Å². The maximum absolute atomic E-state index is 10.0. The fourth-order valence-electron chi connectivity index (χ4n) is 1.88. The number of phenols is 1. The van der Waals surface area contributed by atoms with Gasteiger partial charge in [0.2, 0.25) is 0 Å². The van der Waals surface area contributed by atoms with E-state index in [1.165, 1.54) is 5.56 Å². The average Bonchev–Trinajstić information content (AvgIpc) is 2.40. The molecule has 0 saturated carbocycles. The Morgan fingerprint density at radius 2 is 1.67 bits per heavy atom. The minimum absolute atomic E-state index is 0.145. The van der Waals surface area contributed by atoms with E-state index in [0.717, 1.165) is 18.4 Å². The van der Waals surface area contributed by atoms with E-state index in [1.807, 2.05) is 24.3 Å².